The number of rotatable bonds is 2. The highest BCUT2D eigenvalue weighted by Gasteiger charge is 2.19. The van der Waals surface area contributed by atoms with Gasteiger partial charge in [0.2, 0.25) is 0 Å². The summed E-state index contributed by atoms with van der Waals surface area (Å²) < 4.78 is 25.4. The van der Waals surface area contributed by atoms with Crippen LogP contribution in [0.15, 0.2) is 42.5 Å². The Morgan fingerprint density at radius 2 is 1.81 bits per heavy atom. The average molecular weight is 351 g/mol. The van der Waals surface area contributed by atoms with Gasteiger partial charge in [0.05, 0.1) is 18.0 Å². The van der Waals surface area contributed by atoms with E-state index < -0.39 is 0 Å². The normalized spacial score (nSPS) is 18.9. The van der Waals surface area contributed by atoms with Crippen molar-refractivity contribution in [2.75, 3.05) is 13.2 Å². The number of hydrogen-bond donors (Lipinski definition) is 0. The third-order valence-electron chi connectivity index (χ3n) is 3.49. The molecule has 2 atom stereocenters. The van der Waals surface area contributed by atoms with E-state index in [2.05, 4.69) is 22.9 Å². The van der Waals surface area contributed by atoms with Crippen molar-refractivity contribution in [1.29, 1.82) is 0 Å². The molecule has 4 heteroatoms. The van der Waals surface area contributed by atoms with Crippen LogP contribution in [0.25, 0.3) is 0 Å². The Bertz CT molecular complexity index is 644. The van der Waals surface area contributed by atoms with Gasteiger partial charge in [-0.3, -0.25) is 0 Å². The van der Waals surface area contributed by atoms with Crippen LogP contribution >= 0.6 is 15.9 Å². The second-order valence-corrected chi connectivity index (χ2v) is 6.23. The van der Waals surface area contributed by atoms with Crippen LogP contribution in [0.2, 0.25) is 0 Å². The van der Waals surface area contributed by atoms with Gasteiger partial charge in [0.15, 0.2) is 11.5 Å². The summed E-state index contributed by atoms with van der Waals surface area (Å²) in [5, 5.41) is 0. The Labute approximate surface area is 132 Å². The van der Waals surface area contributed by atoms with Gasteiger partial charge >= 0.3 is 0 Å². The van der Waals surface area contributed by atoms with Crippen LogP contribution < -0.4 is 9.47 Å². The minimum Gasteiger partial charge on any atom is -0.489 e. The summed E-state index contributed by atoms with van der Waals surface area (Å²) in [7, 11) is 0. The molecule has 3 rings (SSSR count). The molecule has 0 amide bonds. The maximum Gasteiger partial charge on any atom is 0.161 e. The zero-order valence-corrected chi connectivity index (χ0v) is 13.3. The van der Waals surface area contributed by atoms with E-state index >= 15 is 0 Å². The van der Waals surface area contributed by atoms with Crippen molar-refractivity contribution in [2.24, 2.45) is 5.92 Å². The second kappa shape index (κ2) is 6.06. The van der Waals surface area contributed by atoms with Gasteiger partial charge in [0.1, 0.15) is 5.82 Å². The summed E-state index contributed by atoms with van der Waals surface area (Å²) >= 11 is 3.57. The second-order valence-electron chi connectivity index (χ2n) is 5.32. The standard InChI is InChI=1S/C17H16BrFO2/c1-11-9-20-15-7-6-12(8-16(15)21-10-11)17(18)13-4-2-3-5-14(13)19/h2-8,11,17H,9-10H2,1H3. The third-order valence-corrected chi connectivity index (χ3v) is 4.51. The molecule has 21 heavy (non-hydrogen) atoms. The molecule has 0 saturated carbocycles. The van der Waals surface area contributed by atoms with Crippen molar-refractivity contribution < 1.29 is 13.9 Å². The van der Waals surface area contributed by atoms with Crippen molar-refractivity contribution in [3.63, 3.8) is 0 Å². The zero-order valence-electron chi connectivity index (χ0n) is 11.7. The van der Waals surface area contributed by atoms with E-state index in [0.717, 1.165) is 17.1 Å². The minimum atomic E-state index is -0.222. The van der Waals surface area contributed by atoms with E-state index in [-0.39, 0.29) is 10.6 Å². The van der Waals surface area contributed by atoms with Crippen molar-refractivity contribution in [3.05, 3.63) is 59.4 Å². The van der Waals surface area contributed by atoms with Gasteiger partial charge in [-0.2, -0.15) is 0 Å². The lowest BCUT2D eigenvalue weighted by Gasteiger charge is -2.14. The van der Waals surface area contributed by atoms with Crippen LogP contribution in [-0.4, -0.2) is 13.2 Å². The maximum absolute atomic E-state index is 13.9. The highest BCUT2D eigenvalue weighted by Crippen LogP contribution is 2.38. The summed E-state index contributed by atoms with van der Waals surface area (Å²) in [5.74, 6) is 1.60. The van der Waals surface area contributed by atoms with E-state index in [1.54, 1.807) is 12.1 Å². The molecule has 0 aromatic heterocycles. The molecule has 2 aromatic rings. The van der Waals surface area contributed by atoms with E-state index in [9.17, 15) is 4.39 Å². The molecule has 0 aliphatic carbocycles. The number of fused-ring (bicyclic) bond motifs is 1. The molecule has 1 aliphatic heterocycles. The van der Waals surface area contributed by atoms with Gasteiger partial charge in [-0.05, 0) is 23.8 Å². The molecule has 1 heterocycles. The van der Waals surface area contributed by atoms with Gasteiger partial charge in [-0.1, -0.05) is 47.1 Å². The van der Waals surface area contributed by atoms with Crippen LogP contribution in [0.1, 0.15) is 22.9 Å². The van der Waals surface area contributed by atoms with Crippen molar-refractivity contribution >= 4 is 15.9 Å². The number of halogens is 2. The van der Waals surface area contributed by atoms with E-state index in [0.29, 0.717) is 24.7 Å². The highest BCUT2D eigenvalue weighted by atomic mass is 79.9. The molecular weight excluding hydrogens is 335 g/mol. The van der Waals surface area contributed by atoms with Crippen LogP contribution in [0, 0.1) is 11.7 Å². The number of alkyl halides is 1. The Hall–Kier alpha value is -1.55. The van der Waals surface area contributed by atoms with Gasteiger partial charge in [0.25, 0.3) is 0 Å². The van der Waals surface area contributed by atoms with Gasteiger partial charge in [-0.15, -0.1) is 0 Å². The Balaban J connectivity index is 1.92. The summed E-state index contributed by atoms with van der Waals surface area (Å²) in [6.45, 7) is 3.36. The molecular formula is C17H16BrFO2. The Morgan fingerprint density at radius 3 is 2.57 bits per heavy atom. The molecule has 2 nitrogen and oxygen atoms in total. The fraction of sp³-hybridized carbons (Fsp3) is 0.294. The third kappa shape index (κ3) is 3.05. The predicted molar refractivity (Wildman–Crippen MR) is 83.8 cm³/mol. The smallest absolute Gasteiger partial charge is 0.161 e. The van der Waals surface area contributed by atoms with E-state index in [1.165, 1.54) is 6.07 Å². The number of benzene rings is 2. The Morgan fingerprint density at radius 1 is 1.10 bits per heavy atom. The molecule has 0 bridgehead atoms. The van der Waals surface area contributed by atoms with Crippen molar-refractivity contribution in [1.82, 2.24) is 0 Å². The van der Waals surface area contributed by atoms with Crippen LogP contribution in [-0.2, 0) is 0 Å². The highest BCUT2D eigenvalue weighted by molar-refractivity contribution is 9.09. The molecule has 2 unspecified atom stereocenters. The van der Waals surface area contributed by atoms with Crippen molar-refractivity contribution in [2.45, 2.75) is 11.8 Å². The minimum absolute atomic E-state index is 0.215. The molecule has 2 aromatic carbocycles. The molecule has 0 fully saturated rings. The van der Waals surface area contributed by atoms with E-state index in [1.807, 2.05) is 24.3 Å². The molecule has 1 aliphatic rings. The van der Waals surface area contributed by atoms with Crippen LogP contribution in [0.4, 0.5) is 4.39 Å². The first-order valence-electron chi connectivity index (χ1n) is 6.93. The molecule has 0 radical (unpaired) electrons. The first kappa shape index (κ1) is 14.4. The summed E-state index contributed by atoms with van der Waals surface area (Å²) in [6.07, 6.45) is 0. The molecule has 0 N–H and O–H groups in total. The average Bonchev–Trinajstić information content (AvgIpc) is 2.69. The van der Waals surface area contributed by atoms with Crippen LogP contribution in [0.3, 0.4) is 0 Å². The molecule has 0 saturated heterocycles. The summed E-state index contributed by atoms with van der Waals surface area (Å²) in [5.41, 5.74) is 1.55. The number of hydrogen-bond acceptors (Lipinski definition) is 2. The van der Waals surface area contributed by atoms with Gasteiger partial charge in [0, 0.05) is 11.5 Å². The van der Waals surface area contributed by atoms with Crippen molar-refractivity contribution in [3.8, 4) is 11.5 Å². The first-order chi connectivity index (χ1) is 10.1. The zero-order chi connectivity index (χ0) is 14.8. The summed E-state index contributed by atoms with van der Waals surface area (Å²) in [4.78, 5) is -0.215. The predicted octanol–water partition coefficient (Wildman–Crippen LogP) is 4.72. The quantitative estimate of drug-likeness (QED) is 0.729. The topological polar surface area (TPSA) is 18.5 Å². The van der Waals surface area contributed by atoms with Crippen LogP contribution in [0.5, 0.6) is 11.5 Å². The Kier molecular flexibility index (Phi) is 4.15. The SMILES string of the molecule is CC1COc2ccc(C(Br)c3ccccc3F)cc2OC1. The largest absolute Gasteiger partial charge is 0.489 e. The molecule has 110 valence electrons. The lowest BCUT2D eigenvalue weighted by Crippen LogP contribution is -2.12. The van der Waals surface area contributed by atoms with Gasteiger partial charge in [-0.25, -0.2) is 4.39 Å². The maximum atomic E-state index is 13.9. The monoisotopic (exact) mass is 350 g/mol. The number of ether oxygens (including phenoxy) is 2. The van der Waals surface area contributed by atoms with E-state index in [4.69, 9.17) is 9.47 Å². The van der Waals surface area contributed by atoms with Gasteiger partial charge < -0.3 is 9.47 Å². The summed E-state index contributed by atoms with van der Waals surface area (Å²) in [6, 6.07) is 12.5. The fourth-order valence-electron chi connectivity index (χ4n) is 2.29. The first-order valence-corrected chi connectivity index (χ1v) is 7.85. The lowest BCUT2D eigenvalue weighted by molar-refractivity contribution is 0.228. The lowest BCUT2D eigenvalue weighted by atomic mass is 10.0. The molecule has 0 spiro atoms. The fourth-order valence-corrected chi connectivity index (χ4v) is 2.94.